The molecule has 0 spiro atoms. The maximum atomic E-state index is 4.92. The summed E-state index contributed by atoms with van der Waals surface area (Å²) in [7, 11) is 4.03. The molecule has 26 heavy (non-hydrogen) atoms. The predicted octanol–water partition coefficient (Wildman–Crippen LogP) is 3.45. The van der Waals surface area contributed by atoms with Gasteiger partial charge in [0.05, 0.1) is 17.9 Å². The number of nitrogens with zero attached hydrogens (tertiary/aromatic N) is 5. The van der Waals surface area contributed by atoms with E-state index in [2.05, 4.69) is 63.4 Å². The van der Waals surface area contributed by atoms with Crippen LogP contribution in [0.25, 0.3) is 22.1 Å². The highest BCUT2D eigenvalue weighted by atomic mass is 15.1. The highest BCUT2D eigenvalue weighted by molar-refractivity contribution is 5.85. The van der Waals surface area contributed by atoms with Crippen molar-refractivity contribution >= 4 is 33.7 Å². The zero-order valence-corrected chi connectivity index (χ0v) is 15.3. The van der Waals surface area contributed by atoms with Gasteiger partial charge in [-0.1, -0.05) is 18.2 Å². The summed E-state index contributed by atoms with van der Waals surface area (Å²) >= 11 is 0. The smallest absolute Gasteiger partial charge is 0.182 e. The van der Waals surface area contributed by atoms with E-state index in [1.165, 1.54) is 11.9 Å². The number of hydrogen-bond acceptors (Lipinski definition) is 6. The number of para-hydroxylation sites is 1. The molecule has 132 valence electrons. The first-order chi connectivity index (χ1) is 12.5. The standard InChI is InChI=1S/C19H21N7/c1-11-6-5-7-13-8-14(19(26(3)4)25-15(11)13)12(2)24-18-16-17(21-9-20-16)22-10-23-18/h5-10,12H,1-4H3,(H2,20,21,22,23,24)/t12-/m0/s1. The van der Waals surface area contributed by atoms with Crippen molar-refractivity contribution in [3.63, 3.8) is 0 Å². The van der Waals surface area contributed by atoms with Crippen LogP contribution < -0.4 is 10.2 Å². The second-order valence-electron chi connectivity index (χ2n) is 6.63. The second-order valence-corrected chi connectivity index (χ2v) is 6.63. The van der Waals surface area contributed by atoms with Crippen LogP contribution >= 0.6 is 0 Å². The maximum absolute atomic E-state index is 4.92. The monoisotopic (exact) mass is 347 g/mol. The van der Waals surface area contributed by atoms with Gasteiger partial charge in [-0.25, -0.2) is 19.9 Å². The summed E-state index contributed by atoms with van der Waals surface area (Å²) in [5.41, 5.74) is 4.77. The molecule has 0 fully saturated rings. The summed E-state index contributed by atoms with van der Waals surface area (Å²) < 4.78 is 0. The maximum Gasteiger partial charge on any atom is 0.182 e. The van der Waals surface area contributed by atoms with Crippen LogP contribution in [0.4, 0.5) is 11.6 Å². The van der Waals surface area contributed by atoms with E-state index in [9.17, 15) is 0 Å². The fourth-order valence-electron chi connectivity index (χ4n) is 3.19. The lowest BCUT2D eigenvalue weighted by Gasteiger charge is -2.23. The zero-order chi connectivity index (χ0) is 18.3. The summed E-state index contributed by atoms with van der Waals surface area (Å²) in [4.78, 5) is 22.8. The van der Waals surface area contributed by atoms with Gasteiger partial charge in [-0.3, -0.25) is 0 Å². The Balaban J connectivity index is 1.79. The summed E-state index contributed by atoms with van der Waals surface area (Å²) in [6.07, 6.45) is 3.15. The Kier molecular flexibility index (Phi) is 3.91. The number of nitrogens with one attached hydrogen (secondary N) is 2. The lowest BCUT2D eigenvalue weighted by molar-refractivity contribution is 0.859. The van der Waals surface area contributed by atoms with Crippen molar-refractivity contribution in [2.24, 2.45) is 0 Å². The highest BCUT2D eigenvalue weighted by Crippen LogP contribution is 2.31. The molecule has 0 radical (unpaired) electrons. The third-order valence-corrected chi connectivity index (χ3v) is 4.52. The second kappa shape index (κ2) is 6.25. The largest absolute Gasteiger partial charge is 0.362 e. The Labute approximate surface area is 151 Å². The molecule has 0 bridgehead atoms. The van der Waals surface area contributed by atoms with Gasteiger partial charge in [-0.05, 0) is 25.5 Å². The number of benzene rings is 1. The van der Waals surface area contributed by atoms with E-state index in [0.717, 1.165) is 33.6 Å². The lowest BCUT2D eigenvalue weighted by atomic mass is 10.0. The molecule has 3 aromatic heterocycles. The molecule has 0 aliphatic heterocycles. The van der Waals surface area contributed by atoms with E-state index >= 15 is 0 Å². The average Bonchev–Trinajstić information content (AvgIpc) is 3.11. The quantitative estimate of drug-likeness (QED) is 0.588. The molecule has 1 aromatic carbocycles. The van der Waals surface area contributed by atoms with Gasteiger partial charge in [-0.2, -0.15) is 0 Å². The number of aromatic nitrogens is 5. The van der Waals surface area contributed by atoms with Crippen LogP contribution in [0.5, 0.6) is 0 Å². The number of aromatic amines is 1. The molecule has 0 unspecified atom stereocenters. The molecule has 0 saturated heterocycles. The summed E-state index contributed by atoms with van der Waals surface area (Å²) in [5.74, 6) is 1.68. The molecule has 3 heterocycles. The Morgan fingerprint density at radius 2 is 2.00 bits per heavy atom. The summed E-state index contributed by atoms with van der Waals surface area (Å²) in [6.45, 7) is 4.20. The van der Waals surface area contributed by atoms with Crippen LogP contribution in [0, 0.1) is 6.92 Å². The molecule has 7 heteroatoms. The van der Waals surface area contributed by atoms with Crippen LogP contribution in [0.2, 0.25) is 0 Å². The van der Waals surface area contributed by atoms with Gasteiger partial charge in [0.25, 0.3) is 0 Å². The van der Waals surface area contributed by atoms with Gasteiger partial charge in [0.1, 0.15) is 17.7 Å². The molecular formula is C19H21N7. The molecule has 0 amide bonds. The van der Waals surface area contributed by atoms with E-state index in [4.69, 9.17) is 4.98 Å². The van der Waals surface area contributed by atoms with E-state index in [1.54, 1.807) is 6.33 Å². The topological polar surface area (TPSA) is 82.6 Å². The number of pyridine rings is 1. The van der Waals surface area contributed by atoms with Crippen LogP contribution in [0.3, 0.4) is 0 Å². The first kappa shape index (κ1) is 16.3. The molecule has 7 nitrogen and oxygen atoms in total. The third-order valence-electron chi connectivity index (χ3n) is 4.52. The first-order valence-electron chi connectivity index (χ1n) is 8.53. The van der Waals surface area contributed by atoms with Crippen molar-refractivity contribution in [1.82, 2.24) is 24.9 Å². The normalized spacial score (nSPS) is 12.5. The van der Waals surface area contributed by atoms with Gasteiger partial charge in [0.2, 0.25) is 0 Å². The number of H-pyrrole nitrogens is 1. The SMILES string of the molecule is Cc1cccc2cc([C@H](C)Nc3ncnc4nc[nH]c34)c(N(C)C)nc12. The Morgan fingerprint density at radius 3 is 2.81 bits per heavy atom. The van der Waals surface area contributed by atoms with Crippen molar-refractivity contribution in [2.45, 2.75) is 19.9 Å². The zero-order valence-electron chi connectivity index (χ0n) is 15.3. The molecule has 4 aromatic rings. The summed E-state index contributed by atoms with van der Waals surface area (Å²) in [6, 6.07) is 8.46. The lowest BCUT2D eigenvalue weighted by Crippen LogP contribution is -2.18. The number of hydrogen-bond donors (Lipinski definition) is 2. The number of anilines is 2. The van der Waals surface area contributed by atoms with Gasteiger partial charge >= 0.3 is 0 Å². The number of rotatable bonds is 4. The molecule has 0 aliphatic carbocycles. The molecule has 0 saturated carbocycles. The van der Waals surface area contributed by atoms with Crippen molar-refractivity contribution in [3.05, 3.63) is 48.0 Å². The number of imidazole rings is 1. The van der Waals surface area contributed by atoms with E-state index in [1.807, 2.05) is 19.0 Å². The Hall–Kier alpha value is -3.22. The minimum atomic E-state index is 0.00575. The number of aryl methyl sites for hydroxylation is 1. The van der Waals surface area contributed by atoms with E-state index in [0.29, 0.717) is 5.65 Å². The first-order valence-corrected chi connectivity index (χ1v) is 8.53. The minimum Gasteiger partial charge on any atom is -0.362 e. The fourth-order valence-corrected chi connectivity index (χ4v) is 3.19. The molecular weight excluding hydrogens is 326 g/mol. The Morgan fingerprint density at radius 1 is 1.15 bits per heavy atom. The van der Waals surface area contributed by atoms with E-state index < -0.39 is 0 Å². The van der Waals surface area contributed by atoms with Crippen LogP contribution in [-0.4, -0.2) is 39.0 Å². The van der Waals surface area contributed by atoms with Gasteiger partial charge in [-0.15, -0.1) is 0 Å². The van der Waals surface area contributed by atoms with Crippen molar-refractivity contribution in [1.29, 1.82) is 0 Å². The van der Waals surface area contributed by atoms with E-state index in [-0.39, 0.29) is 6.04 Å². The highest BCUT2D eigenvalue weighted by Gasteiger charge is 2.17. The van der Waals surface area contributed by atoms with Crippen LogP contribution in [-0.2, 0) is 0 Å². The molecule has 0 aliphatic rings. The van der Waals surface area contributed by atoms with Crippen LogP contribution in [0.15, 0.2) is 36.9 Å². The number of fused-ring (bicyclic) bond motifs is 2. The third kappa shape index (κ3) is 2.71. The van der Waals surface area contributed by atoms with Crippen molar-refractivity contribution < 1.29 is 0 Å². The van der Waals surface area contributed by atoms with Crippen molar-refractivity contribution in [2.75, 3.05) is 24.3 Å². The van der Waals surface area contributed by atoms with Gasteiger partial charge < -0.3 is 15.2 Å². The average molecular weight is 347 g/mol. The minimum absolute atomic E-state index is 0.00575. The molecule has 4 rings (SSSR count). The Bertz CT molecular complexity index is 1080. The molecule has 1 atom stereocenters. The van der Waals surface area contributed by atoms with Gasteiger partial charge in [0, 0.05) is 25.0 Å². The molecule has 2 N–H and O–H groups in total. The summed E-state index contributed by atoms with van der Waals surface area (Å²) in [5, 5.41) is 4.61. The fraction of sp³-hybridized carbons (Fsp3) is 0.263. The van der Waals surface area contributed by atoms with Crippen molar-refractivity contribution in [3.8, 4) is 0 Å². The predicted molar refractivity (Wildman–Crippen MR) is 105 cm³/mol. The van der Waals surface area contributed by atoms with Crippen LogP contribution in [0.1, 0.15) is 24.1 Å². The van der Waals surface area contributed by atoms with Gasteiger partial charge in [0.15, 0.2) is 11.5 Å².